The molecule has 2 aliphatic heterocycles. The number of methoxy groups -OCH3 is 1. The molecule has 0 radical (unpaired) electrons. The summed E-state index contributed by atoms with van der Waals surface area (Å²) >= 11 is 0. The van der Waals surface area contributed by atoms with Crippen LogP contribution in [0.4, 0.5) is 0 Å². The molecule has 0 N–H and O–H groups in total. The van der Waals surface area contributed by atoms with E-state index in [0.717, 1.165) is 5.56 Å². The van der Waals surface area contributed by atoms with Crippen LogP contribution in [0.3, 0.4) is 0 Å². The molecule has 0 saturated carbocycles. The van der Waals surface area contributed by atoms with Gasteiger partial charge in [-0.1, -0.05) is 18.2 Å². The molecule has 0 fully saturated rings. The molecule has 2 aromatic rings. The van der Waals surface area contributed by atoms with Crippen LogP contribution in [-0.4, -0.2) is 40.0 Å². The van der Waals surface area contributed by atoms with Crippen LogP contribution >= 0.6 is 0 Å². The first-order valence-electron chi connectivity index (χ1n) is 10.0. The third-order valence-electron chi connectivity index (χ3n) is 5.09. The Morgan fingerprint density at radius 2 is 1.72 bits per heavy atom. The van der Waals surface area contributed by atoms with E-state index in [2.05, 4.69) is 5.10 Å². The molecule has 162 valence electrons. The van der Waals surface area contributed by atoms with Crippen molar-refractivity contribution in [2.24, 2.45) is 0 Å². The molecule has 0 atom stereocenters. The topological polar surface area (TPSA) is 92.4 Å². The number of benzene rings is 2. The maximum atomic E-state index is 13.2. The summed E-state index contributed by atoms with van der Waals surface area (Å²) in [6, 6.07) is 14.0. The van der Waals surface area contributed by atoms with Gasteiger partial charge in [-0.3, -0.25) is 4.79 Å². The highest BCUT2D eigenvalue weighted by atomic mass is 16.5. The number of fused-ring (bicyclic) bond motifs is 1. The van der Waals surface area contributed by atoms with E-state index in [4.69, 9.17) is 9.47 Å². The number of rotatable bonds is 5. The Bertz CT molecular complexity index is 1330. The van der Waals surface area contributed by atoms with Crippen molar-refractivity contribution in [1.29, 1.82) is 0 Å². The Hall–Kier alpha value is -4.20. The number of esters is 2. The lowest BCUT2D eigenvalue weighted by Gasteiger charge is -2.12. The molecule has 2 aliphatic rings. The van der Waals surface area contributed by atoms with Crippen molar-refractivity contribution < 1.29 is 19.1 Å². The molecule has 0 bridgehead atoms. The van der Waals surface area contributed by atoms with Gasteiger partial charge in [0.25, 0.3) is 5.56 Å². The summed E-state index contributed by atoms with van der Waals surface area (Å²) in [5.41, 5.74) is 2.89. The minimum absolute atomic E-state index is 0.156. The van der Waals surface area contributed by atoms with Crippen molar-refractivity contribution in [3.8, 4) is 22.6 Å². The number of carbonyl (C=O) groups is 2. The summed E-state index contributed by atoms with van der Waals surface area (Å²) < 4.78 is 12.9. The van der Waals surface area contributed by atoms with Gasteiger partial charge < -0.3 is 14.0 Å². The highest BCUT2D eigenvalue weighted by Crippen LogP contribution is 2.25. The first kappa shape index (κ1) is 21.0. The molecule has 0 aliphatic carbocycles. The highest BCUT2D eigenvalue weighted by Gasteiger charge is 2.25. The second-order valence-electron chi connectivity index (χ2n) is 7.10. The van der Waals surface area contributed by atoms with E-state index in [9.17, 15) is 14.4 Å². The summed E-state index contributed by atoms with van der Waals surface area (Å²) in [5, 5.41) is 4.43. The Labute approximate surface area is 184 Å². The molecule has 0 spiro atoms. The second-order valence-corrected chi connectivity index (χ2v) is 7.10. The SMILES string of the molecule is CCOC(=O)c1ccc(-n2cc(C(=O)OC)c3nn(-c4ccccc4C)c(=O)c-3c2)cc1. The molecule has 0 aromatic heterocycles. The summed E-state index contributed by atoms with van der Waals surface area (Å²) in [4.78, 5) is 37.6. The Balaban J connectivity index is 1.88. The maximum Gasteiger partial charge on any atom is 0.341 e. The van der Waals surface area contributed by atoms with Crippen LogP contribution in [0, 0.1) is 6.92 Å². The highest BCUT2D eigenvalue weighted by molar-refractivity contribution is 5.96. The average Bonchev–Trinajstić information content (AvgIpc) is 3.14. The predicted octanol–water partition coefficient (Wildman–Crippen LogP) is 3.40. The standard InChI is InChI=1S/C24H21N3O5/c1-4-32-23(29)16-9-11-17(12-10-16)26-13-18-21(19(14-26)24(30)31-3)25-27(22(18)28)20-8-6-5-7-15(20)2/h5-14H,4H2,1-3H3. The van der Waals surface area contributed by atoms with E-state index in [1.807, 2.05) is 25.1 Å². The molecule has 2 heterocycles. The molecule has 2 aromatic carbocycles. The van der Waals surface area contributed by atoms with Gasteiger partial charge >= 0.3 is 11.9 Å². The van der Waals surface area contributed by atoms with Gasteiger partial charge in [-0.15, -0.1) is 0 Å². The number of hydrogen-bond donors (Lipinski definition) is 0. The van der Waals surface area contributed by atoms with Crippen LogP contribution in [0.2, 0.25) is 0 Å². The van der Waals surface area contributed by atoms with E-state index in [1.54, 1.807) is 54.2 Å². The van der Waals surface area contributed by atoms with Gasteiger partial charge in [0.1, 0.15) is 11.3 Å². The smallest absolute Gasteiger partial charge is 0.341 e. The van der Waals surface area contributed by atoms with Crippen molar-refractivity contribution >= 4 is 11.9 Å². The number of nitrogens with zero attached hydrogens (tertiary/aromatic N) is 3. The average molecular weight is 431 g/mol. The largest absolute Gasteiger partial charge is 0.465 e. The lowest BCUT2D eigenvalue weighted by Crippen LogP contribution is -2.16. The zero-order valence-electron chi connectivity index (χ0n) is 17.9. The van der Waals surface area contributed by atoms with E-state index in [0.29, 0.717) is 16.9 Å². The molecular formula is C24H21N3O5. The first-order valence-corrected chi connectivity index (χ1v) is 10.0. The minimum atomic E-state index is -0.609. The van der Waals surface area contributed by atoms with E-state index >= 15 is 0 Å². The van der Waals surface area contributed by atoms with Crippen LogP contribution in [0.1, 0.15) is 33.2 Å². The number of pyridine rings is 1. The Morgan fingerprint density at radius 1 is 1.00 bits per heavy atom. The van der Waals surface area contributed by atoms with Crippen LogP contribution in [0.5, 0.6) is 0 Å². The van der Waals surface area contributed by atoms with Crippen molar-refractivity contribution in [2.75, 3.05) is 13.7 Å². The van der Waals surface area contributed by atoms with Crippen molar-refractivity contribution in [3.05, 3.63) is 88.0 Å². The number of para-hydroxylation sites is 1. The van der Waals surface area contributed by atoms with Gasteiger partial charge in [-0.05, 0) is 49.7 Å². The fourth-order valence-electron chi connectivity index (χ4n) is 3.46. The number of aromatic nitrogens is 3. The number of ether oxygens (including phenoxy) is 2. The summed E-state index contributed by atoms with van der Waals surface area (Å²) in [6.45, 7) is 3.91. The van der Waals surface area contributed by atoms with Gasteiger partial charge in [-0.25, -0.2) is 9.59 Å². The summed E-state index contributed by atoms with van der Waals surface area (Å²) in [7, 11) is 1.27. The Kier molecular flexibility index (Phi) is 5.59. The van der Waals surface area contributed by atoms with Gasteiger partial charge in [0.15, 0.2) is 0 Å². The fourth-order valence-corrected chi connectivity index (χ4v) is 3.46. The van der Waals surface area contributed by atoms with Crippen LogP contribution in [0.25, 0.3) is 22.6 Å². The lowest BCUT2D eigenvalue weighted by molar-refractivity contribution is 0.0525. The number of aryl methyl sites for hydroxylation is 1. The number of carbonyl (C=O) groups excluding carboxylic acids is 2. The van der Waals surface area contributed by atoms with Crippen molar-refractivity contribution in [2.45, 2.75) is 13.8 Å². The molecule has 0 amide bonds. The quantitative estimate of drug-likeness (QED) is 0.450. The zero-order valence-corrected chi connectivity index (χ0v) is 17.9. The maximum absolute atomic E-state index is 13.2. The molecule has 0 unspecified atom stereocenters. The van der Waals surface area contributed by atoms with E-state index < -0.39 is 11.9 Å². The summed E-state index contributed by atoms with van der Waals surface area (Å²) in [5.74, 6) is -1.03. The van der Waals surface area contributed by atoms with Gasteiger partial charge in [0.2, 0.25) is 0 Å². The van der Waals surface area contributed by atoms with Crippen molar-refractivity contribution in [1.82, 2.24) is 14.3 Å². The van der Waals surface area contributed by atoms with E-state index in [1.165, 1.54) is 11.8 Å². The van der Waals surface area contributed by atoms with E-state index in [-0.39, 0.29) is 29.0 Å². The fraction of sp³-hybridized carbons (Fsp3) is 0.167. The lowest BCUT2D eigenvalue weighted by atomic mass is 10.1. The van der Waals surface area contributed by atoms with Crippen LogP contribution < -0.4 is 5.56 Å². The second kappa shape index (κ2) is 8.50. The van der Waals surface area contributed by atoms with Gasteiger partial charge in [-0.2, -0.15) is 9.78 Å². The van der Waals surface area contributed by atoms with Gasteiger partial charge in [0.05, 0.1) is 30.5 Å². The molecule has 4 rings (SSSR count). The summed E-state index contributed by atoms with van der Waals surface area (Å²) in [6.07, 6.45) is 3.17. The minimum Gasteiger partial charge on any atom is -0.465 e. The third kappa shape index (κ3) is 3.66. The van der Waals surface area contributed by atoms with Gasteiger partial charge in [0, 0.05) is 18.1 Å². The van der Waals surface area contributed by atoms with Crippen molar-refractivity contribution in [3.63, 3.8) is 0 Å². The normalized spacial score (nSPS) is 10.8. The molecule has 8 nitrogen and oxygen atoms in total. The molecular weight excluding hydrogens is 410 g/mol. The third-order valence-corrected chi connectivity index (χ3v) is 5.09. The van der Waals surface area contributed by atoms with Crippen LogP contribution in [0.15, 0.2) is 65.7 Å². The van der Waals surface area contributed by atoms with Crippen LogP contribution in [-0.2, 0) is 9.47 Å². The monoisotopic (exact) mass is 431 g/mol. The Morgan fingerprint density at radius 3 is 2.38 bits per heavy atom. The first-order chi connectivity index (χ1) is 15.4. The number of hydrogen-bond acceptors (Lipinski definition) is 6. The predicted molar refractivity (Wildman–Crippen MR) is 118 cm³/mol. The molecule has 8 heteroatoms. The zero-order chi connectivity index (χ0) is 22.8. The molecule has 0 saturated heterocycles. The molecule has 32 heavy (non-hydrogen) atoms.